The van der Waals surface area contributed by atoms with Gasteiger partial charge in [0.25, 0.3) is 0 Å². The van der Waals surface area contributed by atoms with Crippen molar-refractivity contribution in [1.29, 1.82) is 0 Å². The number of carbonyl (C=O) groups excluding carboxylic acids is 2. The monoisotopic (exact) mass is 319 g/mol. The molecule has 0 fully saturated rings. The summed E-state index contributed by atoms with van der Waals surface area (Å²) in [6, 6.07) is 8.08. The van der Waals surface area contributed by atoms with Crippen molar-refractivity contribution in [2.75, 3.05) is 13.1 Å². The van der Waals surface area contributed by atoms with Crippen LogP contribution in [0.5, 0.6) is 0 Å². The Balaban J connectivity index is 2.65. The summed E-state index contributed by atoms with van der Waals surface area (Å²) in [6.07, 6.45) is 0. The maximum absolute atomic E-state index is 11.8. The lowest BCUT2D eigenvalue weighted by Crippen LogP contribution is -2.44. The largest absolute Gasteiger partial charge is 0.338 e. The zero-order valence-electron chi connectivity index (χ0n) is 14.8. The van der Waals surface area contributed by atoms with Crippen LogP contribution in [0.3, 0.4) is 0 Å². The van der Waals surface area contributed by atoms with E-state index in [0.29, 0.717) is 18.4 Å². The Morgan fingerprint density at radius 2 is 1.57 bits per heavy atom. The number of hydrogen-bond donors (Lipinski definition) is 3. The third-order valence-corrected chi connectivity index (χ3v) is 3.70. The van der Waals surface area contributed by atoms with Gasteiger partial charge < -0.3 is 10.6 Å². The quantitative estimate of drug-likeness (QED) is 0.723. The number of nitrogens with one attached hydrogen (secondary N) is 3. The van der Waals surface area contributed by atoms with E-state index in [0.717, 1.165) is 5.56 Å². The first-order chi connectivity index (χ1) is 10.8. The van der Waals surface area contributed by atoms with Gasteiger partial charge in [0.05, 0.1) is 6.54 Å². The van der Waals surface area contributed by atoms with Gasteiger partial charge in [0.2, 0.25) is 5.91 Å². The van der Waals surface area contributed by atoms with Gasteiger partial charge in [-0.1, -0.05) is 52.0 Å². The van der Waals surface area contributed by atoms with Gasteiger partial charge in [0.15, 0.2) is 0 Å². The number of imide groups is 1. The Kier molecular flexibility index (Phi) is 7.75. The van der Waals surface area contributed by atoms with E-state index in [4.69, 9.17) is 0 Å². The molecule has 0 aliphatic heterocycles. The first-order valence-corrected chi connectivity index (χ1v) is 8.26. The summed E-state index contributed by atoms with van der Waals surface area (Å²) >= 11 is 0. The number of urea groups is 1. The molecule has 1 atom stereocenters. The molecule has 0 radical (unpaired) electrons. The van der Waals surface area contributed by atoms with Gasteiger partial charge in [0.1, 0.15) is 0 Å². The van der Waals surface area contributed by atoms with Crippen molar-refractivity contribution in [1.82, 2.24) is 16.0 Å². The third-order valence-electron chi connectivity index (χ3n) is 3.70. The van der Waals surface area contributed by atoms with Gasteiger partial charge in [-0.25, -0.2) is 4.79 Å². The average Bonchev–Trinajstić information content (AvgIpc) is 2.47. The van der Waals surface area contributed by atoms with Crippen LogP contribution in [0.4, 0.5) is 4.79 Å². The normalized spacial score (nSPS) is 12.3. The first-order valence-electron chi connectivity index (χ1n) is 8.26. The van der Waals surface area contributed by atoms with Gasteiger partial charge in [-0.2, -0.15) is 0 Å². The maximum atomic E-state index is 11.8. The molecule has 5 heteroatoms. The lowest BCUT2D eigenvalue weighted by Gasteiger charge is -2.23. The Labute approximate surface area is 139 Å². The minimum atomic E-state index is -0.457. The molecule has 0 saturated carbocycles. The van der Waals surface area contributed by atoms with Crippen molar-refractivity contribution in [3.8, 4) is 0 Å². The van der Waals surface area contributed by atoms with Crippen LogP contribution in [0.1, 0.15) is 57.7 Å². The lowest BCUT2D eigenvalue weighted by molar-refractivity contribution is -0.119. The summed E-state index contributed by atoms with van der Waals surface area (Å²) in [4.78, 5) is 23.1. The molecule has 1 aromatic rings. The summed E-state index contributed by atoms with van der Waals surface area (Å²) in [5, 5.41) is 8.08. The molecule has 0 saturated heterocycles. The molecule has 128 valence electrons. The molecule has 0 spiro atoms. The van der Waals surface area contributed by atoms with Gasteiger partial charge in [-0.05, 0) is 29.9 Å². The minimum absolute atomic E-state index is 0.0659. The molecule has 23 heavy (non-hydrogen) atoms. The highest BCUT2D eigenvalue weighted by atomic mass is 16.2. The Bertz CT molecular complexity index is 510. The summed E-state index contributed by atoms with van der Waals surface area (Å²) in [5.74, 6) is 0.495. The fourth-order valence-electron chi connectivity index (χ4n) is 2.40. The van der Waals surface area contributed by atoms with E-state index in [1.807, 2.05) is 0 Å². The molecule has 0 aliphatic rings. The fraction of sp³-hybridized carbons (Fsp3) is 0.556. The molecule has 0 unspecified atom stereocenters. The zero-order chi connectivity index (χ0) is 17.4. The second-order valence-corrected chi connectivity index (χ2v) is 6.33. The first kappa shape index (κ1) is 19.2. The molecule has 0 aromatic heterocycles. The predicted octanol–water partition coefficient (Wildman–Crippen LogP) is 2.94. The molecule has 5 nitrogen and oxygen atoms in total. The van der Waals surface area contributed by atoms with Crippen LogP contribution >= 0.6 is 0 Å². The maximum Gasteiger partial charge on any atom is 0.321 e. The van der Waals surface area contributed by atoms with Crippen molar-refractivity contribution in [2.45, 2.75) is 46.6 Å². The number of benzene rings is 1. The fourth-order valence-corrected chi connectivity index (χ4v) is 2.40. The average molecular weight is 319 g/mol. The summed E-state index contributed by atoms with van der Waals surface area (Å²) in [5.41, 5.74) is 2.44. The van der Waals surface area contributed by atoms with Crippen LogP contribution < -0.4 is 16.0 Å². The molecule has 3 N–H and O–H groups in total. The van der Waals surface area contributed by atoms with E-state index in [9.17, 15) is 9.59 Å². The highest BCUT2D eigenvalue weighted by Crippen LogP contribution is 2.23. The SMILES string of the molecule is CCNC(=O)NC(=O)CN[C@H](c1ccc(C(C)C)cc1)C(C)C. The number of rotatable bonds is 7. The van der Waals surface area contributed by atoms with E-state index in [-0.39, 0.29) is 18.5 Å². The Morgan fingerprint density at radius 1 is 1.00 bits per heavy atom. The molecular formula is C18H29N3O2. The number of carbonyl (C=O) groups is 2. The zero-order valence-corrected chi connectivity index (χ0v) is 14.8. The van der Waals surface area contributed by atoms with E-state index < -0.39 is 6.03 Å². The number of hydrogen-bond acceptors (Lipinski definition) is 3. The lowest BCUT2D eigenvalue weighted by atomic mass is 9.93. The molecule has 0 bridgehead atoms. The highest BCUT2D eigenvalue weighted by Gasteiger charge is 2.17. The molecule has 0 heterocycles. The van der Waals surface area contributed by atoms with E-state index >= 15 is 0 Å². The van der Waals surface area contributed by atoms with Gasteiger partial charge in [0, 0.05) is 12.6 Å². The van der Waals surface area contributed by atoms with Crippen molar-refractivity contribution in [3.05, 3.63) is 35.4 Å². The molecular weight excluding hydrogens is 290 g/mol. The Morgan fingerprint density at radius 3 is 2.04 bits per heavy atom. The van der Waals surface area contributed by atoms with E-state index in [2.05, 4.69) is 67.9 Å². The Hall–Kier alpha value is -1.88. The second kappa shape index (κ2) is 9.30. The van der Waals surface area contributed by atoms with Crippen molar-refractivity contribution < 1.29 is 9.59 Å². The molecule has 3 amide bonds. The summed E-state index contributed by atoms with van der Waals surface area (Å²) in [7, 11) is 0. The topological polar surface area (TPSA) is 70.2 Å². The summed E-state index contributed by atoms with van der Waals surface area (Å²) in [6.45, 7) is 10.9. The van der Waals surface area contributed by atoms with Crippen LogP contribution in [-0.4, -0.2) is 25.0 Å². The van der Waals surface area contributed by atoms with E-state index in [1.54, 1.807) is 6.92 Å². The van der Waals surface area contributed by atoms with Crippen LogP contribution in [0, 0.1) is 5.92 Å². The van der Waals surface area contributed by atoms with Gasteiger partial charge in [-0.15, -0.1) is 0 Å². The van der Waals surface area contributed by atoms with Gasteiger partial charge in [-0.3, -0.25) is 10.1 Å². The van der Waals surface area contributed by atoms with Gasteiger partial charge >= 0.3 is 6.03 Å². The molecule has 1 aromatic carbocycles. The van der Waals surface area contributed by atoms with Crippen LogP contribution in [0.2, 0.25) is 0 Å². The van der Waals surface area contributed by atoms with Crippen molar-refractivity contribution >= 4 is 11.9 Å². The van der Waals surface area contributed by atoms with Crippen LogP contribution in [0.25, 0.3) is 0 Å². The van der Waals surface area contributed by atoms with Crippen molar-refractivity contribution in [2.24, 2.45) is 5.92 Å². The van der Waals surface area contributed by atoms with Crippen LogP contribution in [-0.2, 0) is 4.79 Å². The van der Waals surface area contributed by atoms with E-state index in [1.165, 1.54) is 5.56 Å². The number of amides is 3. The molecule has 0 aliphatic carbocycles. The van der Waals surface area contributed by atoms with Crippen LogP contribution in [0.15, 0.2) is 24.3 Å². The van der Waals surface area contributed by atoms with Crippen molar-refractivity contribution in [3.63, 3.8) is 0 Å². The minimum Gasteiger partial charge on any atom is -0.338 e. The predicted molar refractivity (Wildman–Crippen MR) is 93.3 cm³/mol. The standard InChI is InChI=1S/C18H29N3O2/c1-6-19-18(23)21-16(22)11-20-17(13(4)5)15-9-7-14(8-10-15)12(2)3/h7-10,12-13,17,20H,6,11H2,1-5H3,(H2,19,21,22,23)/t17-/m0/s1. The highest BCUT2D eigenvalue weighted by molar-refractivity contribution is 5.95. The third kappa shape index (κ3) is 6.40. The smallest absolute Gasteiger partial charge is 0.321 e. The second-order valence-electron chi connectivity index (χ2n) is 6.33. The molecule has 1 rings (SSSR count). The summed E-state index contributed by atoms with van der Waals surface area (Å²) < 4.78 is 0.